The van der Waals surface area contributed by atoms with E-state index in [1.807, 2.05) is 0 Å². The van der Waals surface area contributed by atoms with E-state index < -0.39 is 556 Å². The molecule has 0 heterocycles. The van der Waals surface area contributed by atoms with E-state index >= 15 is 0 Å². The molecule has 0 unspecified atom stereocenters. The van der Waals surface area contributed by atoms with Gasteiger partial charge in [0.25, 0.3) is 0 Å². The fourth-order valence-corrected chi connectivity index (χ4v) is 17.5. The Balaban J connectivity index is 0.000000318. The third kappa shape index (κ3) is 33.8. The molecule has 6 aromatic carbocycles. The van der Waals surface area contributed by atoms with Crippen molar-refractivity contribution in [3.8, 4) is 0 Å². The van der Waals surface area contributed by atoms with Crippen molar-refractivity contribution in [3.05, 3.63) is 244 Å². The molecule has 6 aromatic rings. The summed E-state index contributed by atoms with van der Waals surface area (Å²) in [5, 5.41) is -26.6. The molecule has 0 aliphatic heterocycles. The van der Waals surface area contributed by atoms with E-state index in [-0.39, 0.29) is 32.0 Å². The summed E-state index contributed by atoms with van der Waals surface area (Å²) >= 11 is 34.4. The number of allylic oxidation sites excluding steroid dienone is 6. The Hall–Kier alpha value is -9.60. The molecular formula is C90H102Cl6F6N6O24S6. The highest BCUT2D eigenvalue weighted by molar-refractivity contribution is 7.95. The van der Waals surface area contributed by atoms with E-state index in [1.165, 1.54) is 41.5 Å². The number of hydrogen-bond acceptors (Lipinski definition) is 24. The van der Waals surface area contributed by atoms with Crippen LogP contribution >= 0.6 is 69.6 Å². The van der Waals surface area contributed by atoms with E-state index in [9.17, 15) is 106 Å². The van der Waals surface area contributed by atoms with Crippen LogP contribution in [0.15, 0.2) is 179 Å². The molecule has 6 N–H and O–H groups in total. The molecule has 48 heteroatoms. The van der Waals surface area contributed by atoms with Gasteiger partial charge in [-0.2, -0.15) is 0 Å². The number of carbonyl (C=O) groups excluding carboxylic acids is 6. The number of rotatable bonds is 30. The zero-order valence-electron chi connectivity index (χ0n) is 132. The van der Waals surface area contributed by atoms with Crippen molar-refractivity contribution >= 4 is 200 Å². The molecule has 138 heavy (non-hydrogen) atoms. The summed E-state index contributed by atoms with van der Waals surface area (Å²) in [7, 11) is -34.6. The molecule has 6 aliphatic carbocycles. The van der Waals surface area contributed by atoms with Crippen LogP contribution in [0.3, 0.4) is 0 Å². The van der Waals surface area contributed by atoms with Crippen LogP contribution in [0, 0.1) is 34.9 Å². The highest BCUT2D eigenvalue weighted by atomic mass is 35.5. The summed E-state index contributed by atoms with van der Waals surface area (Å²) in [4.78, 5) is 74.9. The number of benzene rings is 6. The maximum absolute atomic E-state index is 13.9. The zero-order valence-corrected chi connectivity index (χ0v) is 79.0. The first-order valence-corrected chi connectivity index (χ1v) is 48.0. The van der Waals surface area contributed by atoms with Gasteiger partial charge in [0, 0.05) is 43.9 Å². The van der Waals surface area contributed by atoms with Crippen molar-refractivity contribution < 1.29 is 219 Å². The van der Waals surface area contributed by atoms with Crippen LogP contribution in [0.2, 0.25) is 38.6 Å². The summed E-state index contributed by atoms with van der Waals surface area (Å²) in [5.41, 5.74) is -15.5. The first-order chi connectivity index (χ1) is 89.7. The third-order valence-corrected chi connectivity index (χ3v) is 24.6. The van der Waals surface area contributed by atoms with Crippen LogP contribution in [0.1, 0.15) is 233 Å². The lowest BCUT2D eigenvalue weighted by Crippen LogP contribution is -2.34. The summed E-state index contributed by atoms with van der Waals surface area (Å²) in [5.74, 6) is -19.2. The topological polar surface area (TPSA) is 435 Å². The molecule has 6 atom stereocenters. The summed E-state index contributed by atoms with van der Waals surface area (Å²) in [6.45, 7) is 5.50. The van der Waals surface area contributed by atoms with Crippen LogP contribution < -0.4 is 28.3 Å². The van der Waals surface area contributed by atoms with Gasteiger partial charge in [-0.15, -0.1) is 0 Å². The molecular weight excluding hydrogens is 2070 g/mol. The maximum Gasteiger partial charge on any atom is 0.335 e. The monoisotopic (exact) mass is 2230 g/mol. The average Bonchev–Trinajstić information content (AvgIpc) is 0.708. The fraction of sp³-hybridized carbons (Fsp3) is 0.400. The molecule has 756 valence electrons. The Morgan fingerprint density at radius 1 is 0.304 bits per heavy atom. The summed E-state index contributed by atoms with van der Waals surface area (Å²) in [6, 6.07) is -28.1. The van der Waals surface area contributed by atoms with Crippen LogP contribution in [0.4, 0.5) is 60.5 Å². The zero-order chi connectivity index (χ0) is 157. The first kappa shape index (κ1) is 54.0. The Labute approximate surface area is 915 Å². The van der Waals surface area contributed by atoms with Crippen LogP contribution in [-0.4, -0.2) is 157 Å². The van der Waals surface area contributed by atoms with Gasteiger partial charge in [-0.3, -0.25) is 28.3 Å². The largest absolute Gasteiger partial charge is 0.463 e. The second-order valence-corrected chi connectivity index (χ2v) is 36.2. The molecule has 0 fully saturated rings. The molecule has 0 radical (unpaired) electrons. The quantitative estimate of drug-likeness (QED) is 0.0139. The smallest absolute Gasteiger partial charge is 0.335 e. The van der Waals surface area contributed by atoms with Crippen molar-refractivity contribution in [3.63, 3.8) is 0 Å². The Morgan fingerprint density at radius 3 is 0.804 bits per heavy atom. The highest BCUT2D eigenvalue weighted by Gasteiger charge is 2.42. The third-order valence-electron chi connectivity index (χ3n) is 14.9. The minimum atomic E-state index is -6.03. The minimum Gasteiger partial charge on any atom is -0.463 e. The van der Waals surface area contributed by atoms with Gasteiger partial charge in [-0.05, 0) is 265 Å². The standard InChI is InChI=1S/6C15H17ClFNO4S/c6*1-2-22-15(19)11-5-3-4-6-14(11)23(20,21)18-13-8-7-10(17)9-12(13)16/h6*5,7-9,14,18H,2-4,6H2,1H3/t6*14-/m111111/s1/i4D2,5D,6D2,7D,8D,9D,14D;3D2,4D2,6D2,7D,8D,9D,14D;2*3D2,4D2,5D,6D2,7D,8D,9D;4D2,5D,6D2,7D,8D,9D;3D2,4D2,6D2,7D,8D,9D/hD6. The Morgan fingerprint density at radius 2 is 0.507 bits per heavy atom. The van der Waals surface area contributed by atoms with Gasteiger partial charge in [-0.25, -0.2) is 106 Å². The van der Waals surface area contributed by atoms with E-state index in [1.54, 1.807) is 0 Å². The highest BCUT2D eigenvalue weighted by Crippen LogP contribution is 2.39. The number of esters is 6. The minimum absolute atomic E-state index is 0.0738. The lowest BCUT2D eigenvalue weighted by molar-refractivity contribution is -0.139. The number of ether oxygens (including phenoxy) is 6. The van der Waals surface area contributed by atoms with Gasteiger partial charge in [0.05, 0.1) is 170 Å². The molecule has 12 rings (SSSR count). The predicted octanol–water partition coefficient (Wildman–Crippen LogP) is 19.6. The lowest BCUT2D eigenvalue weighted by Gasteiger charge is -2.24. The number of hydrogen-bond donors (Lipinski definition) is 6. The van der Waals surface area contributed by atoms with Gasteiger partial charge in [0.15, 0.2) is 8.47 Å². The van der Waals surface area contributed by atoms with Gasteiger partial charge in [0.2, 0.25) is 60.1 Å². The number of carbonyl (C=O) groups is 6. The Kier molecular flexibility index (Phi) is 21.1. The SMILES string of the molecule is [2H]C1=C(C(=O)OCC)[C@H](S(=O)(=O)N([2H])c2c([2H])c([2H])c(F)c([2H])c2Cl)C([2H])([2H])C([2H])([2H])C1.[2H]C1=C(C(=O)OCC)[C@H](S(=O)(=O)N([2H])c2c([2H])c([2H])c(F)c([2H])c2Cl)C([2H])([2H])C([2H])([2H])C1([2H])[2H].[2H]C1=C(C(=O)OCC)[C@H](S(=O)(=O)N([2H])c2c([2H])c([2H])c(F)c([2H])c2Cl)C([2H])([2H])C([2H])([2H])C1([2H])[2H].[2H]C1=C(C(=O)OCC)[C@]([2H])(S(=O)(=O)N([2H])c2c([2H])c([2H])c(F)c([2H])c2Cl)C([2H])([2H])C([2H])([2H])C1.[2H]c1c([2H])c(N([2H])S(=O)(=O)[C@@]2([2H])C(C(=O)OCC)=CC([2H])([2H])C([2H])([2H])C2([2H])[2H])c(Cl)c([2H])c1F.[2H]c1c([2H])c(N([2H])S(=O)(=O)[C@H]2C(C(=O)OCC)=CC([2H])([2H])C([2H])([2H])C2([2H])[2H])c(Cl)c([2H])c1F. The molecule has 0 bridgehead atoms. The van der Waals surface area contributed by atoms with Crippen LogP contribution in [-0.2, 0) is 117 Å². The molecule has 0 saturated carbocycles. The van der Waals surface area contributed by atoms with Crippen LogP contribution in [0.5, 0.6) is 0 Å². The first-order valence-electron chi connectivity index (χ1n) is 67.5. The van der Waals surface area contributed by atoms with Gasteiger partial charge in [-0.1, -0.05) is 106 Å². The van der Waals surface area contributed by atoms with Crippen molar-refractivity contribution in [2.24, 2.45) is 0 Å². The molecule has 0 saturated heterocycles. The molecule has 30 nitrogen and oxygen atoms in total. The number of halogens is 12. The number of anilines is 6. The summed E-state index contributed by atoms with van der Waals surface area (Å²) < 4.78 is 758. The summed E-state index contributed by atoms with van der Waals surface area (Å²) in [6.07, 6.45) is -58.8. The maximum atomic E-state index is 13.9. The molecule has 0 amide bonds. The van der Waals surface area contributed by atoms with E-state index in [2.05, 4.69) is 23.7 Å². The van der Waals surface area contributed by atoms with Gasteiger partial charge < -0.3 is 28.4 Å². The normalized spacial score (nSPS) is 31.9. The fourth-order valence-electron chi connectivity index (χ4n) is 9.33. The van der Waals surface area contributed by atoms with E-state index in [4.69, 9.17) is 160 Å². The molecule has 0 spiro atoms. The predicted molar refractivity (Wildman–Crippen MR) is 518 cm³/mol. The molecule has 0 aromatic heterocycles. The van der Waals surface area contributed by atoms with Crippen molar-refractivity contribution in [1.29, 1.82) is 0 Å². The second-order valence-electron chi connectivity index (χ2n) is 24.1. The Bertz CT molecular complexity index is 9430. The number of sulfonamides is 6. The van der Waals surface area contributed by atoms with Crippen molar-refractivity contribution in [2.75, 3.05) is 67.9 Å². The van der Waals surface area contributed by atoms with Crippen LogP contribution in [0.25, 0.3) is 0 Å². The van der Waals surface area contributed by atoms with Gasteiger partial charge in [0.1, 0.15) is 66.4 Å². The second kappa shape index (κ2) is 53.9. The average molecular weight is 2230 g/mol. The van der Waals surface area contributed by atoms with E-state index in [0.717, 1.165) is 0 Å². The van der Waals surface area contributed by atoms with Crippen molar-refractivity contribution in [1.82, 2.24) is 0 Å². The van der Waals surface area contributed by atoms with E-state index in [0.29, 0.717) is 0 Å². The lowest BCUT2D eigenvalue weighted by atomic mass is 9.99. The van der Waals surface area contributed by atoms with Crippen molar-refractivity contribution in [2.45, 2.75) is 188 Å². The molecule has 6 aliphatic rings. The number of nitrogens with one attached hydrogen (secondary N) is 6. The van der Waals surface area contributed by atoms with Gasteiger partial charge >= 0.3 is 35.8 Å².